The van der Waals surface area contributed by atoms with Crippen molar-refractivity contribution >= 4 is 60.1 Å². The van der Waals surface area contributed by atoms with Crippen molar-refractivity contribution in [2.75, 3.05) is 13.2 Å². The molecule has 15 atom stereocenters. The summed E-state index contributed by atoms with van der Waals surface area (Å²) in [7, 11) is -10.5. The zero-order valence-electron chi connectivity index (χ0n) is 32.5. The van der Waals surface area contributed by atoms with Crippen LogP contribution in [0.5, 0.6) is 0 Å². The molecule has 0 radical (unpaired) electrons. The van der Waals surface area contributed by atoms with Crippen molar-refractivity contribution in [2.24, 2.45) is 35.5 Å². The summed E-state index contributed by atoms with van der Waals surface area (Å²) in [6.45, 7) is 14.2. The van der Waals surface area contributed by atoms with E-state index < -0.39 is 114 Å². The van der Waals surface area contributed by atoms with E-state index in [1.54, 1.807) is 6.92 Å². The fraction of sp³-hybridized carbons (Fsp3) is 0.703. The van der Waals surface area contributed by atoms with E-state index in [1.807, 2.05) is 0 Å². The maximum absolute atomic E-state index is 11.8. The summed E-state index contributed by atoms with van der Waals surface area (Å²) in [4.78, 5) is 57.4. The number of esters is 4. The van der Waals surface area contributed by atoms with Crippen LogP contribution in [-0.4, -0.2) is 121 Å². The van der Waals surface area contributed by atoms with Crippen LogP contribution in [0.4, 0.5) is 0 Å². The van der Waals surface area contributed by atoms with Gasteiger partial charge in [0.1, 0.15) is 43.2 Å². The van der Waals surface area contributed by atoms with Gasteiger partial charge >= 0.3 is 23.9 Å². The van der Waals surface area contributed by atoms with Crippen molar-refractivity contribution in [2.45, 2.75) is 112 Å². The lowest BCUT2D eigenvalue weighted by Gasteiger charge is -2.24. The number of amides is 1. The van der Waals surface area contributed by atoms with Crippen LogP contribution in [-0.2, 0) is 85.8 Å². The monoisotopic (exact) mass is 889 g/mol. The van der Waals surface area contributed by atoms with Gasteiger partial charge in [0.05, 0.1) is 15.7 Å². The van der Waals surface area contributed by atoms with E-state index in [0.717, 1.165) is 6.42 Å². The Bertz CT molecular complexity index is 2090. The van der Waals surface area contributed by atoms with Crippen molar-refractivity contribution in [3.63, 3.8) is 0 Å². The van der Waals surface area contributed by atoms with E-state index in [4.69, 9.17) is 31.5 Å². The maximum Gasteiger partial charge on any atom is 0.344 e. The summed E-state index contributed by atoms with van der Waals surface area (Å²) in [6.07, 6.45) is 0.566. The molecule has 6 bridgehead atoms. The van der Waals surface area contributed by atoms with Gasteiger partial charge in [0.2, 0.25) is 5.91 Å². The minimum absolute atomic E-state index is 0.00284. The molecule has 326 valence electrons. The Balaban J connectivity index is 0.000000135. The lowest BCUT2D eigenvalue weighted by molar-refractivity contribution is -0.165. The van der Waals surface area contributed by atoms with Gasteiger partial charge in [-0.25, -0.2) is 14.4 Å². The van der Waals surface area contributed by atoms with Gasteiger partial charge in [0.25, 0.3) is 30.4 Å². The van der Waals surface area contributed by atoms with Crippen molar-refractivity contribution in [3.05, 3.63) is 36.5 Å². The highest BCUT2D eigenvalue weighted by Crippen LogP contribution is 2.57. The number of carbonyl (C=O) groups is 5. The Morgan fingerprint density at radius 1 is 0.542 bits per heavy atom. The second kappa shape index (κ2) is 15.6. The molecule has 9 fully saturated rings. The Labute approximate surface area is 341 Å². The van der Waals surface area contributed by atoms with Gasteiger partial charge in [0, 0.05) is 52.2 Å². The fourth-order valence-corrected chi connectivity index (χ4v) is 15.9. The Morgan fingerprint density at radius 2 is 0.915 bits per heavy atom. The molecule has 15 unspecified atom stereocenters. The van der Waals surface area contributed by atoms with Crippen LogP contribution >= 0.6 is 0 Å². The molecule has 3 heterocycles. The van der Waals surface area contributed by atoms with Crippen molar-refractivity contribution in [1.82, 2.24) is 5.32 Å². The Kier molecular flexibility index (Phi) is 11.5. The third kappa shape index (κ3) is 8.11. The van der Waals surface area contributed by atoms with Gasteiger partial charge in [-0.05, 0) is 59.3 Å². The van der Waals surface area contributed by atoms with Crippen LogP contribution in [0.2, 0.25) is 0 Å². The SMILES string of the molecule is C=C(C)C(=O)NCC(=O)OC1C2CC3C1OS(=O)(=O)C3C2.C=C(C)C(=O)OC1C2CC3C1OS(=O)(=O)C3C2.C=C(C)C(=O)OCC(=O)OC1C2CC3C1OS(=O)(=O)C3C2. The average molecular weight is 890 g/mol. The molecule has 59 heavy (non-hydrogen) atoms. The normalized spacial score (nSPS) is 40.2. The number of carbonyl (C=O) groups excluding carboxylic acids is 5. The number of nitrogens with one attached hydrogen (secondary N) is 1. The minimum atomic E-state index is -3.53. The van der Waals surface area contributed by atoms with Crippen LogP contribution in [0.3, 0.4) is 0 Å². The molecule has 3 saturated heterocycles. The largest absolute Gasteiger partial charge is 0.458 e. The first-order chi connectivity index (χ1) is 27.5. The minimum Gasteiger partial charge on any atom is -0.458 e. The second-order valence-electron chi connectivity index (χ2n) is 16.8. The number of ether oxygens (including phenoxy) is 4. The van der Waals surface area contributed by atoms with Crippen LogP contribution in [0.25, 0.3) is 0 Å². The van der Waals surface area contributed by atoms with Gasteiger partial charge in [-0.2, -0.15) is 25.3 Å². The average Bonchev–Trinajstić information content (AvgIpc) is 4.02. The molecule has 3 aliphatic heterocycles. The highest BCUT2D eigenvalue weighted by Gasteiger charge is 2.67. The smallest absolute Gasteiger partial charge is 0.344 e. The molecule has 1 amide bonds. The molecular formula is C37H47NO18S3. The topological polar surface area (TPSA) is 264 Å². The predicted octanol–water partition coefficient (Wildman–Crippen LogP) is 0.493. The molecule has 9 aliphatic rings. The molecular weight excluding hydrogens is 843 g/mol. The van der Waals surface area contributed by atoms with Gasteiger partial charge in [0.15, 0.2) is 6.61 Å². The molecule has 19 nitrogen and oxygen atoms in total. The fourth-order valence-electron chi connectivity index (χ4n) is 10.3. The number of fused-ring (bicyclic) bond motifs is 3. The third-order valence-electron chi connectivity index (χ3n) is 12.8. The van der Waals surface area contributed by atoms with Gasteiger partial charge in [-0.3, -0.25) is 22.1 Å². The van der Waals surface area contributed by atoms with E-state index in [9.17, 15) is 49.2 Å². The first-order valence-corrected chi connectivity index (χ1v) is 23.7. The lowest BCUT2D eigenvalue weighted by Crippen LogP contribution is -2.40. The molecule has 0 aromatic heterocycles. The third-order valence-corrected chi connectivity index (χ3v) is 18.1. The Morgan fingerprint density at radius 3 is 1.29 bits per heavy atom. The summed E-state index contributed by atoms with van der Waals surface area (Å²) in [5, 5.41) is 1.12. The molecule has 0 aromatic rings. The van der Waals surface area contributed by atoms with Crippen LogP contribution in [0.15, 0.2) is 36.5 Å². The number of hydrogen-bond donors (Lipinski definition) is 1. The Hall–Kier alpha value is -3.70. The van der Waals surface area contributed by atoms with Gasteiger partial charge in [-0.1, -0.05) is 19.7 Å². The highest BCUT2D eigenvalue weighted by molar-refractivity contribution is 7.88. The molecule has 0 spiro atoms. The molecule has 22 heteroatoms. The molecule has 1 N–H and O–H groups in total. The summed E-state index contributed by atoms with van der Waals surface area (Å²) < 4.78 is 106. The van der Waals surface area contributed by atoms with Crippen molar-refractivity contribution < 1.29 is 80.7 Å². The zero-order chi connectivity index (χ0) is 43.1. The van der Waals surface area contributed by atoms with Gasteiger partial charge in [-0.15, -0.1) is 0 Å². The summed E-state index contributed by atoms with van der Waals surface area (Å²) in [6, 6.07) is 0. The lowest BCUT2D eigenvalue weighted by atomic mass is 9.94. The summed E-state index contributed by atoms with van der Waals surface area (Å²) >= 11 is 0. The number of rotatable bonds is 10. The number of hydrogen-bond acceptors (Lipinski definition) is 18. The molecule has 9 rings (SSSR count). The summed E-state index contributed by atoms with van der Waals surface area (Å²) in [5.41, 5.74) is 0.816. The molecule has 6 aliphatic carbocycles. The van der Waals surface area contributed by atoms with E-state index in [-0.39, 0.29) is 52.9 Å². The van der Waals surface area contributed by atoms with Gasteiger partial charge < -0.3 is 24.3 Å². The second-order valence-corrected chi connectivity index (χ2v) is 22.2. The van der Waals surface area contributed by atoms with E-state index >= 15 is 0 Å². The van der Waals surface area contributed by atoms with Crippen molar-refractivity contribution in [3.8, 4) is 0 Å². The van der Waals surface area contributed by atoms with Crippen LogP contribution in [0, 0.1) is 35.5 Å². The van der Waals surface area contributed by atoms with Crippen LogP contribution < -0.4 is 5.32 Å². The zero-order valence-corrected chi connectivity index (χ0v) is 35.0. The first-order valence-electron chi connectivity index (χ1n) is 19.3. The highest BCUT2D eigenvalue weighted by atomic mass is 32.2. The van der Waals surface area contributed by atoms with E-state index in [2.05, 4.69) is 25.1 Å². The molecule has 6 saturated carbocycles. The van der Waals surface area contributed by atoms with E-state index in [0.29, 0.717) is 43.3 Å². The predicted molar refractivity (Wildman–Crippen MR) is 199 cm³/mol. The maximum atomic E-state index is 11.8. The standard InChI is InChI=1S/C13H17NO6S.C13H16O7S.C11H14O5S/c1-6(2)13(16)14-5-10(15)19-11-7-3-8-9(4-7)21(17,18)20-12(8)11;1-6(2)13(15)18-5-10(14)19-11-7-3-8-9(4-7)21(16,17)20-12(8)11;1-5(2)11(12)15-9-6-3-7-8(4-6)17(13,14)16-10(7)9/h7-9,11-12H,1,3-5H2,2H3,(H,14,16);7-9,11-12H,1,3-5H2,2H3;6-10H,1,3-4H2,2H3. The van der Waals surface area contributed by atoms with Crippen molar-refractivity contribution in [1.29, 1.82) is 0 Å². The first kappa shape index (κ1) is 43.4. The quantitative estimate of drug-likeness (QED) is 0.135. The summed E-state index contributed by atoms with van der Waals surface area (Å²) in [5.74, 6) is -2.84. The molecule has 0 aromatic carbocycles. The van der Waals surface area contributed by atoms with Crippen LogP contribution in [0.1, 0.15) is 59.3 Å². The van der Waals surface area contributed by atoms with E-state index in [1.165, 1.54) is 13.8 Å².